The number of hydrogen-bond donors (Lipinski definition) is 2. The number of nitriles is 1. The van der Waals surface area contributed by atoms with E-state index in [0.29, 0.717) is 13.0 Å². The monoisotopic (exact) mass is 243 g/mol. The molecule has 0 radical (unpaired) electrons. The first-order valence-electron chi connectivity index (χ1n) is 5.37. The highest BCUT2D eigenvalue weighted by atomic mass is 32.2. The molecule has 0 bridgehead atoms. The second-order valence-corrected chi connectivity index (χ2v) is 5.66. The second kappa shape index (κ2) is 5.99. The lowest BCUT2D eigenvalue weighted by Gasteiger charge is -2.15. The van der Waals surface area contributed by atoms with Crippen LogP contribution in [0.3, 0.4) is 0 Å². The van der Waals surface area contributed by atoms with Gasteiger partial charge in [0.25, 0.3) is 0 Å². The number of nitrogens with one attached hydrogen (secondary N) is 2. The number of rotatable bonds is 5. The zero-order chi connectivity index (χ0) is 12.0. The van der Waals surface area contributed by atoms with Gasteiger partial charge in [-0.25, -0.2) is 13.1 Å². The first kappa shape index (κ1) is 13.2. The Labute approximate surface area is 96.6 Å². The first-order chi connectivity index (χ1) is 7.60. The molecule has 0 amide bonds. The van der Waals surface area contributed by atoms with Crippen LogP contribution in [0.2, 0.25) is 0 Å². The van der Waals surface area contributed by atoms with E-state index in [0.717, 1.165) is 25.1 Å². The zero-order valence-corrected chi connectivity index (χ0v) is 10.2. The smallest absolute Gasteiger partial charge is 0.228 e. The van der Waals surface area contributed by atoms with Crippen LogP contribution in [0.25, 0.3) is 0 Å². The van der Waals surface area contributed by atoms with Crippen molar-refractivity contribution in [2.75, 3.05) is 19.6 Å². The Morgan fingerprint density at radius 1 is 1.69 bits per heavy atom. The lowest BCUT2D eigenvalue weighted by Crippen LogP contribution is -2.35. The Morgan fingerprint density at radius 3 is 2.94 bits per heavy atom. The lowest BCUT2D eigenvalue weighted by atomic mass is 10.1. The summed E-state index contributed by atoms with van der Waals surface area (Å²) >= 11 is 0. The van der Waals surface area contributed by atoms with Crippen molar-refractivity contribution in [2.45, 2.75) is 25.0 Å². The maximum Gasteiger partial charge on any atom is 0.228 e. The molecule has 1 unspecified atom stereocenters. The van der Waals surface area contributed by atoms with Crippen molar-refractivity contribution in [1.82, 2.24) is 10.0 Å². The Balaban J connectivity index is 2.54. The molecule has 1 aliphatic heterocycles. The summed E-state index contributed by atoms with van der Waals surface area (Å²) in [4.78, 5) is 0. The molecule has 0 fully saturated rings. The minimum absolute atomic E-state index is 0.312. The molecule has 1 rings (SSSR count). The van der Waals surface area contributed by atoms with Gasteiger partial charge in [0, 0.05) is 13.1 Å². The largest absolute Gasteiger partial charge is 0.313 e. The molecule has 5 nitrogen and oxygen atoms in total. The molecular weight excluding hydrogens is 226 g/mol. The first-order valence-corrected chi connectivity index (χ1v) is 6.91. The highest BCUT2D eigenvalue weighted by Crippen LogP contribution is 2.06. The average molecular weight is 243 g/mol. The number of hydrogen-bond acceptors (Lipinski definition) is 4. The minimum atomic E-state index is -3.49. The SMILES string of the molecule is CCC(C#N)S(=O)(=O)NCC1=CCNCC1. The molecule has 1 heterocycles. The maximum absolute atomic E-state index is 11.7. The van der Waals surface area contributed by atoms with Crippen LogP contribution in [0.15, 0.2) is 11.6 Å². The molecule has 0 saturated heterocycles. The van der Waals surface area contributed by atoms with Crippen molar-refractivity contribution in [1.29, 1.82) is 5.26 Å². The molecule has 6 heteroatoms. The predicted molar refractivity (Wildman–Crippen MR) is 62.2 cm³/mol. The van der Waals surface area contributed by atoms with E-state index in [9.17, 15) is 8.42 Å². The summed E-state index contributed by atoms with van der Waals surface area (Å²) in [6.45, 7) is 3.68. The molecule has 2 N–H and O–H groups in total. The quantitative estimate of drug-likeness (QED) is 0.672. The summed E-state index contributed by atoms with van der Waals surface area (Å²) in [7, 11) is -3.49. The van der Waals surface area contributed by atoms with Gasteiger partial charge in [-0.1, -0.05) is 18.6 Å². The fraction of sp³-hybridized carbons (Fsp3) is 0.700. The maximum atomic E-state index is 11.7. The van der Waals surface area contributed by atoms with Crippen LogP contribution in [0.5, 0.6) is 0 Å². The highest BCUT2D eigenvalue weighted by molar-refractivity contribution is 7.90. The predicted octanol–water partition coefficient (Wildman–Crippen LogP) is 0.128. The third-order valence-corrected chi connectivity index (χ3v) is 4.28. The third kappa shape index (κ3) is 3.59. The van der Waals surface area contributed by atoms with Gasteiger partial charge in [-0.05, 0) is 19.4 Å². The summed E-state index contributed by atoms with van der Waals surface area (Å²) in [6, 6.07) is 1.80. The molecule has 0 saturated carbocycles. The lowest BCUT2D eigenvalue weighted by molar-refractivity contribution is 0.573. The minimum Gasteiger partial charge on any atom is -0.313 e. The van der Waals surface area contributed by atoms with Crippen LogP contribution < -0.4 is 10.0 Å². The highest BCUT2D eigenvalue weighted by Gasteiger charge is 2.22. The van der Waals surface area contributed by atoms with Crippen molar-refractivity contribution < 1.29 is 8.42 Å². The Hall–Kier alpha value is -0.900. The van der Waals surface area contributed by atoms with Crippen LogP contribution in [0, 0.1) is 11.3 Å². The molecule has 1 atom stereocenters. The van der Waals surface area contributed by atoms with Crippen LogP contribution in [-0.2, 0) is 10.0 Å². The molecule has 16 heavy (non-hydrogen) atoms. The molecular formula is C10H17N3O2S. The molecule has 0 aromatic rings. The Morgan fingerprint density at radius 2 is 2.44 bits per heavy atom. The summed E-state index contributed by atoms with van der Waals surface area (Å²) in [5.41, 5.74) is 1.08. The van der Waals surface area contributed by atoms with Crippen LogP contribution in [0.1, 0.15) is 19.8 Å². The van der Waals surface area contributed by atoms with Gasteiger partial charge in [-0.2, -0.15) is 5.26 Å². The molecule has 90 valence electrons. The summed E-state index contributed by atoms with van der Waals surface area (Å²) in [5, 5.41) is 10.9. The number of sulfonamides is 1. The Bertz CT molecular complexity index is 395. The third-order valence-electron chi connectivity index (χ3n) is 2.55. The summed E-state index contributed by atoms with van der Waals surface area (Å²) in [5.74, 6) is 0. The molecule has 0 aliphatic carbocycles. The fourth-order valence-electron chi connectivity index (χ4n) is 1.50. The van der Waals surface area contributed by atoms with Crippen molar-refractivity contribution >= 4 is 10.0 Å². The van der Waals surface area contributed by atoms with Gasteiger partial charge in [0.05, 0.1) is 6.07 Å². The van der Waals surface area contributed by atoms with E-state index in [-0.39, 0.29) is 0 Å². The van der Waals surface area contributed by atoms with Crippen LogP contribution in [-0.4, -0.2) is 33.3 Å². The van der Waals surface area contributed by atoms with E-state index < -0.39 is 15.3 Å². The molecule has 0 aromatic heterocycles. The van der Waals surface area contributed by atoms with Gasteiger partial charge < -0.3 is 5.32 Å². The van der Waals surface area contributed by atoms with E-state index >= 15 is 0 Å². The normalized spacial score (nSPS) is 18.6. The van der Waals surface area contributed by atoms with Crippen LogP contribution in [0.4, 0.5) is 0 Å². The zero-order valence-electron chi connectivity index (χ0n) is 9.36. The van der Waals surface area contributed by atoms with E-state index in [1.165, 1.54) is 0 Å². The van der Waals surface area contributed by atoms with E-state index in [1.807, 2.05) is 6.08 Å². The van der Waals surface area contributed by atoms with Crippen molar-refractivity contribution in [2.24, 2.45) is 0 Å². The topological polar surface area (TPSA) is 82.0 Å². The Kier molecular flexibility index (Phi) is 4.93. The van der Waals surface area contributed by atoms with Gasteiger partial charge in [-0.15, -0.1) is 0 Å². The van der Waals surface area contributed by atoms with E-state index in [2.05, 4.69) is 10.0 Å². The van der Waals surface area contributed by atoms with Gasteiger partial charge in [0.15, 0.2) is 5.25 Å². The number of nitrogens with zero attached hydrogens (tertiary/aromatic N) is 1. The van der Waals surface area contributed by atoms with Crippen molar-refractivity contribution in [3.63, 3.8) is 0 Å². The van der Waals surface area contributed by atoms with E-state index in [1.54, 1.807) is 13.0 Å². The van der Waals surface area contributed by atoms with Gasteiger partial charge in [0.2, 0.25) is 10.0 Å². The fourth-order valence-corrected chi connectivity index (χ4v) is 2.67. The van der Waals surface area contributed by atoms with Gasteiger partial charge in [0.1, 0.15) is 0 Å². The van der Waals surface area contributed by atoms with E-state index in [4.69, 9.17) is 5.26 Å². The van der Waals surface area contributed by atoms with Gasteiger partial charge >= 0.3 is 0 Å². The molecule has 0 spiro atoms. The van der Waals surface area contributed by atoms with Crippen molar-refractivity contribution in [3.8, 4) is 6.07 Å². The molecule has 1 aliphatic rings. The van der Waals surface area contributed by atoms with Crippen LogP contribution >= 0.6 is 0 Å². The van der Waals surface area contributed by atoms with Gasteiger partial charge in [-0.3, -0.25) is 0 Å². The summed E-state index contributed by atoms with van der Waals surface area (Å²) < 4.78 is 25.8. The standard InChI is InChI=1S/C10H17N3O2S/c1-2-10(7-11)16(14,15)13-8-9-3-5-12-6-4-9/h3,10,12-13H,2,4-6,8H2,1H3. The summed E-state index contributed by atoms with van der Waals surface area (Å²) in [6.07, 6.45) is 3.15. The molecule has 0 aromatic carbocycles. The average Bonchev–Trinajstić information content (AvgIpc) is 2.29. The second-order valence-electron chi connectivity index (χ2n) is 3.71. The van der Waals surface area contributed by atoms with Crippen molar-refractivity contribution in [3.05, 3.63) is 11.6 Å².